The van der Waals surface area contributed by atoms with Crippen LogP contribution in [0.5, 0.6) is 0 Å². The smallest absolute Gasteiger partial charge is 1.00 e. The average Bonchev–Trinajstić information content (AvgIpc) is 1.63. The molecule has 10 heavy (non-hydrogen) atoms. The quantitative estimate of drug-likeness (QED) is 0.427. The number of carboxylic acid groups (broad SMARTS) is 1. The summed E-state index contributed by atoms with van der Waals surface area (Å²) in [5.41, 5.74) is 5.22. The molecule has 0 aliphatic carbocycles. The van der Waals surface area contributed by atoms with Crippen LogP contribution in [0.15, 0.2) is 0 Å². The molecule has 0 heterocycles. The summed E-state index contributed by atoms with van der Waals surface area (Å²) in [5, 5.41) is 8.31. The third kappa shape index (κ3) is 6.15. The number of aliphatic carboxylic acids is 1. The molecule has 1 atom stereocenters. The number of hydrogen-bond donors (Lipinski definition) is 2. The van der Waals surface area contributed by atoms with Crippen molar-refractivity contribution >= 4 is 5.97 Å². The van der Waals surface area contributed by atoms with Crippen LogP contribution in [0.3, 0.4) is 0 Å². The van der Waals surface area contributed by atoms with Gasteiger partial charge in [-0.15, -0.1) is 0 Å². The Morgan fingerprint density at radius 3 is 2.20 bits per heavy atom. The first-order chi connectivity index (χ1) is 4.04. The van der Waals surface area contributed by atoms with Gasteiger partial charge in [-0.05, 0) is 12.3 Å². The number of carboxylic acids is 1. The van der Waals surface area contributed by atoms with Crippen molar-refractivity contribution in [2.24, 2.45) is 11.7 Å². The first kappa shape index (κ1) is 12.7. The van der Waals surface area contributed by atoms with Gasteiger partial charge in [0.2, 0.25) is 0 Å². The minimum atomic E-state index is -0.913. The van der Waals surface area contributed by atoms with Crippen molar-refractivity contribution in [1.29, 1.82) is 0 Å². The van der Waals surface area contributed by atoms with E-state index in [1.807, 2.05) is 13.8 Å². The summed E-state index contributed by atoms with van der Waals surface area (Å²) in [7, 11) is 0. The van der Waals surface area contributed by atoms with Crippen LogP contribution in [0, 0.1) is 5.92 Å². The standard InChI is InChI=1S/C6H13NO2.Li.H/c1-4(2)3-5(7)6(8)9;;/h4-5H,3,7H2,1-2H3,(H,8,9);;/q;+1;-1/t5-;;/m0../s1. The third-order valence-corrected chi connectivity index (χ3v) is 1.04. The minimum absolute atomic E-state index is 0. The second kappa shape index (κ2) is 5.79. The molecule has 0 aromatic carbocycles. The van der Waals surface area contributed by atoms with E-state index in [9.17, 15) is 4.79 Å². The number of hydrogen-bond acceptors (Lipinski definition) is 2. The summed E-state index contributed by atoms with van der Waals surface area (Å²) in [6.45, 7) is 3.89. The molecule has 3 N–H and O–H groups in total. The Hall–Kier alpha value is 0.0274. The molecule has 0 radical (unpaired) electrons. The van der Waals surface area contributed by atoms with Gasteiger partial charge >= 0.3 is 24.8 Å². The van der Waals surface area contributed by atoms with Crippen molar-refractivity contribution in [3.05, 3.63) is 0 Å². The molecule has 56 valence electrons. The van der Waals surface area contributed by atoms with E-state index in [1.165, 1.54) is 0 Å². The third-order valence-electron chi connectivity index (χ3n) is 1.04. The van der Waals surface area contributed by atoms with Crippen molar-refractivity contribution in [2.75, 3.05) is 0 Å². The monoisotopic (exact) mass is 139 g/mol. The SMILES string of the molecule is CC(C)C[C@H](N)C(=O)O.[H-].[Li+]. The molecule has 0 aromatic rings. The van der Waals surface area contributed by atoms with Crippen LogP contribution in [-0.4, -0.2) is 17.1 Å². The van der Waals surface area contributed by atoms with E-state index < -0.39 is 12.0 Å². The molecular formula is C6H14LiNO2. The molecule has 0 spiro atoms. The minimum Gasteiger partial charge on any atom is -1.00 e. The summed E-state index contributed by atoms with van der Waals surface area (Å²) in [6.07, 6.45) is 0.551. The van der Waals surface area contributed by atoms with Gasteiger partial charge in [0, 0.05) is 0 Å². The summed E-state index contributed by atoms with van der Waals surface area (Å²) < 4.78 is 0. The maximum Gasteiger partial charge on any atom is 1.00 e. The molecule has 3 nitrogen and oxygen atoms in total. The fraction of sp³-hybridized carbons (Fsp3) is 0.833. The van der Waals surface area contributed by atoms with Crippen molar-refractivity contribution in [2.45, 2.75) is 26.3 Å². The van der Waals surface area contributed by atoms with Crippen LogP contribution in [0.2, 0.25) is 0 Å². The molecule has 0 aliphatic rings. The molecule has 0 saturated heterocycles. The van der Waals surface area contributed by atoms with Crippen LogP contribution >= 0.6 is 0 Å². The van der Waals surface area contributed by atoms with Crippen LogP contribution in [-0.2, 0) is 4.79 Å². The first-order valence-electron chi connectivity index (χ1n) is 3.02. The predicted octanol–water partition coefficient (Wildman–Crippen LogP) is -2.44. The number of carbonyl (C=O) groups is 1. The van der Waals surface area contributed by atoms with E-state index in [2.05, 4.69) is 0 Å². The number of rotatable bonds is 3. The van der Waals surface area contributed by atoms with Gasteiger partial charge in [0.1, 0.15) is 6.04 Å². The maximum absolute atomic E-state index is 10.1. The van der Waals surface area contributed by atoms with Crippen molar-refractivity contribution in [1.82, 2.24) is 0 Å². The maximum atomic E-state index is 10.1. The van der Waals surface area contributed by atoms with Gasteiger partial charge in [0.05, 0.1) is 0 Å². The second-order valence-electron chi connectivity index (χ2n) is 2.57. The molecule has 0 fully saturated rings. The Kier molecular flexibility index (Phi) is 7.34. The van der Waals surface area contributed by atoms with Crippen molar-refractivity contribution < 1.29 is 30.2 Å². The van der Waals surface area contributed by atoms with Crippen molar-refractivity contribution in [3.63, 3.8) is 0 Å². The summed E-state index contributed by atoms with van der Waals surface area (Å²) >= 11 is 0. The normalized spacial score (nSPS) is 12.4. The summed E-state index contributed by atoms with van der Waals surface area (Å²) in [5.74, 6) is -0.556. The zero-order valence-corrected chi connectivity index (χ0v) is 6.79. The van der Waals surface area contributed by atoms with Crippen LogP contribution in [0.1, 0.15) is 21.7 Å². The van der Waals surface area contributed by atoms with E-state index in [0.29, 0.717) is 12.3 Å². The fourth-order valence-corrected chi connectivity index (χ4v) is 0.609. The van der Waals surface area contributed by atoms with Crippen LogP contribution < -0.4 is 24.6 Å². The summed E-state index contributed by atoms with van der Waals surface area (Å²) in [6, 6.07) is -0.690. The molecule has 0 saturated carbocycles. The van der Waals surface area contributed by atoms with E-state index in [-0.39, 0.29) is 20.3 Å². The molecule has 0 unspecified atom stereocenters. The molecule has 0 rings (SSSR count). The van der Waals surface area contributed by atoms with Crippen LogP contribution in [0.4, 0.5) is 0 Å². The molecule has 0 aliphatic heterocycles. The van der Waals surface area contributed by atoms with Gasteiger partial charge in [-0.2, -0.15) is 0 Å². The largest absolute Gasteiger partial charge is 1.00 e. The predicted molar refractivity (Wildman–Crippen MR) is 36.2 cm³/mol. The Morgan fingerprint density at radius 2 is 2.10 bits per heavy atom. The Bertz CT molecular complexity index is 111. The molecule has 0 amide bonds. The second-order valence-corrected chi connectivity index (χ2v) is 2.57. The zero-order chi connectivity index (χ0) is 7.44. The van der Waals surface area contributed by atoms with Gasteiger partial charge in [-0.1, -0.05) is 13.8 Å². The fourth-order valence-electron chi connectivity index (χ4n) is 0.609. The van der Waals surface area contributed by atoms with Gasteiger partial charge in [0.15, 0.2) is 0 Å². The Morgan fingerprint density at radius 1 is 1.70 bits per heavy atom. The molecule has 0 bridgehead atoms. The van der Waals surface area contributed by atoms with Gasteiger partial charge in [-0.3, -0.25) is 4.79 Å². The van der Waals surface area contributed by atoms with E-state index >= 15 is 0 Å². The molecular weight excluding hydrogens is 125 g/mol. The van der Waals surface area contributed by atoms with E-state index in [0.717, 1.165) is 0 Å². The Labute approximate surface area is 74.6 Å². The topological polar surface area (TPSA) is 63.3 Å². The van der Waals surface area contributed by atoms with E-state index in [4.69, 9.17) is 10.8 Å². The van der Waals surface area contributed by atoms with E-state index in [1.54, 1.807) is 0 Å². The zero-order valence-electron chi connectivity index (χ0n) is 7.79. The average molecular weight is 139 g/mol. The van der Waals surface area contributed by atoms with Gasteiger partial charge in [-0.25, -0.2) is 0 Å². The number of nitrogens with two attached hydrogens (primary N) is 1. The summed E-state index contributed by atoms with van der Waals surface area (Å²) in [4.78, 5) is 10.1. The van der Waals surface area contributed by atoms with Gasteiger partial charge in [0.25, 0.3) is 0 Å². The molecule has 4 heteroatoms. The molecule has 0 aromatic heterocycles. The first-order valence-corrected chi connectivity index (χ1v) is 3.02. The van der Waals surface area contributed by atoms with Crippen molar-refractivity contribution in [3.8, 4) is 0 Å². The van der Waals surface area contributed by atoms with Crippen LogP contribution in [0.25, 0.3) is 0 Å². The van der Waals surface area contributed by atoms with Gasteiger partial charge < -0.3 is 12.3 Å². The Balaban J connectivity index is -0.000000320.